The van der Waals surface area contributed by atoms with Gasteiger partial charge in [0.05, 0.1) is 17.7 Å². The third kappa shape index (κ3) is 6.57. The Bertz CT molecular complexity index is 1020. The van der Waals surface area contributed by atoms with Crippen molar-refractivity contribution in [1.29, 1.82) is 0 Å². The van der Waals surface area contributed by atoms with E-state index in [0.29, 0.717) is 18.7 Å². The second-order valence-electron chi connectivity index (χ2n) is 8.34. The molecule has 1 heterocycles. The largest absolute Gasteiger partial charge is 0.416 e. The molecule has 0 saturated carbocycles. The molecule has 35 heavy (non-hydrogen) atoms. The molecule has 4 rings (SSSR count). The lowest BCUT2D eigenvalue weighted by molar-refractivity contribution is -0.181. The van der Waals surface area contributed by atoms with Crippen molar-refractivity contribution in [3.8, 4) is 0 Å². The third-order valence-corrected chi connectivity index (χ3v) is 5.99. The van der Waals surface area contributed by atoms with Crippen LogP contribution in [0.25, 0.3) is 0 Å². The zero-order chi connectivity index (χ0) is 24.3. The summed E-state index contributed by atoms with van der Waals surface area (Å²) < 4.78 is 79.2. The lowest BCUT2D eigenvalue weighted by atomic mass is 9.84. The first-order valence-electron chi connectivity index (χ1n) is 10.9. The number of nitrogens with zero attached hydrogens (tertiary/aromatic N) is 1. The Morgan fingerprint density at radius 3 is 1.71 bits per heavy atom. The Hall–Kier alpha value is -2.55. The Morgan fingerprint density at radius 2 is 1.26 bits per heavy atom. The monoisotopic (exact) mass is 515 g/mol. The number of alkyl halides is 6. The fourth-order valence-corrected chi connectivity index (χ4v) is 4.48. The van der Waals surface area contributed by atoms with Crippen molar-refractivity contribution in [3.63, 3.8) is 0 Å². The highest BCUT2D eigenvalue weighted by Crippen LogP contribution is 2.38. The molecule has 188 valence electrons. The molecule has 3 aromatic rings. The Morgan fingerprint density at radius 1 is 0.771 bits per heavy atom. The number of benzene rings is 3. The van der Waals surface area contributed by atoms with Gasteiger partial charge < -0.3 is 0 Å². The first-order valence-corrected chi connectivity index (χ1v) is 10.9. The summed E-state index contributed by atoms with van der Waals surface area (Å²) in [6.07, 6.45) is -8.20. The summed E-state index contributed by atoms with van der Waals surface area (Å²) in [5.41, 5.74) is -0.736. The smallest absolute Gasteiger partial charge is 0.294 e. The zero-order valence-electron chi connectivity index (χ0n) is 18.5. The van der Waals surface area contributed by atoms with Crippen molar-refractivity contribution in [2.24, 2.45) is 0 Å². The third-order valence-electron chi connectivity index (χ3n) is 5.99. The average Bonchev–Trinajstić information content (AvgIpc) is 3.26. The maximum absolute atomic E-state index is 13.2. The Labute approximate surface area is 205 Å². The van der Waals surface area contributed by atoms with Crippen LogP contribution in [0.2, 0.25) is 0 Å². The predicted molar refractivity (Wildman–Crippen MR) is 123 cm³/mol. The van der Waals surface area contributed by atoms with Gasteiger partial charge in [-0.1, -0.05) is 60.7 Å². The van der Waals surface area contributed by atoms with Crippen LogP contribution in [-0.2, 0) is 23.8 Å². The molecule has 1 saturated heterocycles. The minimum absolute atomic E-state index is 0. The molecule has 0 aromatic heterocycles. The molecule has 0 bridgehead atoms. The van der Waals surface area contributed by atoms with Gasteiger partial charge >= 0.3 is 12.4 Å². The molecule has 1 atom stereocenters. The van der Waals surface area contributed by atoms with E-state index in [4.69, 9.17) is 4.84 Å². The Kier molecular flexibility index (Phi) is 8.51. The van der Waals surface area contributed by atoms with E-state index in [-0.39, 0.29) is 42.6 Å². The summed E-state index contributed by atoms with van der Waals surface area (Å²) in [5, 5.41) is 1.71. The first-order chi connectivity index (χ1) is 16.1. The van der Waals surface area contributed by atoms with Crippen molar-refractivity contribution >= 4 is 12.4 Å². The van der Waals surface area contributed by atoms with Gasteiger partial charge in [-0.05, 0) is 47.7 Å². The molecule has 1 aliphatic rings. The van der Waals surface area contributed by atoms with Crippen molar-refractivity contribution in [2.75, 3.05) is 6.54 Å². The topological polar surface area (TPSA) is 12.5 Å². The number of rotatable bonds is 6. The molecule has 9 heteroatoms. The summed E-state index contributed by atoms with van der Waals surface area (Å²) in [5.74, 6) is -0.0582. The van der Waals surface area contributed by atoms with Crippen LogP contribution < -0.4 is 0 Å². The summed E-state index contributed by atoms with van der Waals surface area (Å²) in [6, 6.07) is 21.1. The number of hydrogen-bond acceptors (Lipinski definition) is 2. The van der Waals surface area contributed by atoms with Crippen LogP contribution in [0.4, 0.5) is 26.3 Å². The number of hydroxylamine groups is 2. The second kappa shape index (κ2) is 11.0. The van der Waals surface area contributed by atoms with Gasteiger partial charge in [0.15, 0.2) is 0 Å². The molecule has 2 nitrogen and oxygen atoms in total. The van der Waals surface area contributed by atoms with Gasteiger partial charge in [0.1, 0.15) is 0 Å². The van der Waals surface area contributed by atoms with Gasteiger partial charge in [0.2, 0.25) is 0 Å². The van der Waals surface area contributed by atoms with Gasteiger partial charge in [0.25, 0.3) is 0 Å². The van der Waals surface area contributed by atoms with Crippen LogP contribution in [-0.4, -0.2) is 17.6 Å². The van der Waals surface area contributed by atoms with Gasteiger partial charge in [-0.3, -0.25) is 4.84 Å². The van der Waals surface area contributed by atoms with E-state index in [0.717, 1.165) is 24.0 Å². The second-order valence-corrected chi connectivity index (χ2v) is 8.34. The van der Waals surface area contributed by atoms with Gasteiger partial charge in [0, 0.05) is 18.5 Å². The molecule has 1 fully saturated rings. The van der Waals surface area contributed by atoms with E-state index in [1.807, 2.05) is 60.7 Å². The van der Waals surface area contributed by atoms with E-state index in [9.17, 15) is 26.3 Å². The molecular formula is C26H24ClF6NO. The molecular weight excluding hydrogens is 492 g/mol. The normalized spacial score (nSPS) is 16.9. The quantitative estimate of drug-likeness (QED) is 0.310. The van der Waals surface area contributed by atoms with Gasteiger partial charge in [-0.2, -0.15) is 31.4 Å². The van der Waals surface area contributed by atoms with Crippen LogP contribution in [0, 0.1) is 0 Å². The fraction of sp³-hybridized carbons (Fsp3) is 0.308. The summed E-state index contributed by atoms with van der Waals surface area (Å²) >= 11 is 0. The number of halogens is 7. The van der Waals surface area contributed by atoms with Crippen molar-refractivity contribution in [3.05, 3.63) is 107 Å². The molecule has 3 aromatic carbocycles. The molecule has 0 aliphatic carbocycles. The van der Waals surface area contributed by atoms with E-state index in [1.54, 1.807) is 5.06 Å². The summed E-state index contributed by atoms with van der Waals surface area (Å²) in [4.78, 5) is 5.86. The molecule has 0 amide bonds. The fourth-order valence-electron chi connectivity index (χ4n) is 4.48. The molecule has 0 spiro atoms. The average molecular weight is 516 g/mol. The minimum Gasteiger partial charge on any atom is -0.294 e. The van der Waals surface area contributed by atoms with Crippen molar-refractivity contribution in [1.82, 2.24) is 5.06 Å². The molecule has 0 radical (unpaired) electrons. The lowest BCUT2D eigenvalue weighted by Gasteiger charge is -2.32. The maximum Gasteiger partial charge on any atom is 0.416 e. The van der Waals surface area contributed by atoms with Gasteiger partial charge in [-0.25, -0.2) is 0 Å². The van der Waals surface area contributed by atoms with Crippen LogP contribution in [0.15, 0.2) is 78.9 Å². The maximum atomic E-state index is 13.2. The highest BCUT2D eigenvalue weighted by molar-refractivity contribution is 5.85. The van der Waals surface area contributed by atoms with Crippen molar-refractivity contribution < 1.29 is 31.2 Å². The van der Waals surface area contributed by atoms with E-state index in [1.165, 1.54) is 0 Å². The standard InChI is InChI=1S/C26H23F6NO.ClH/c27-25(28,29)21-14-18(15-22(16-21)26(30,31)32)17-34-33-13-7-12-23(33)24(19-8-3-1-4-9-19)20-10-5-2-6-11-20;/h1-6,8-11,14-16,23-24H,7,12-13,17H2;1H/t23-;/m0./s1. The molecule has 1 aliphatic heterocycles. The van der Waals surface area contributed by atoms with Crippen LogP contribution in [0.5, 0.6) is 0 Å². The Balaban J connectivity index is 0.00000342. The van der Waals surface area contributed by atoms with Crippen molar-refractivity contribution in [2.45, 2.75) is 43.8 Å². The van der Waals surface area contributed by atoms with Crippen LogP contribution >= 0.6 is 12.4 Å². The van der Waals surface area contributed by atoms with Crippen LogP contribution in [0.1, 0.15) is 46.6 Å². The van der Waals surface area contributed by atoms with Crippen LogP contribution in [0.3, 0.4) is 0 Å². The van der Waals surface area contributed by atoms with E-state index in [2.05, 4.69) is 0 Å². The SMILES string of the molecule is Cl.FC(F)(F)c1cc(CON2CCC[C@H]2C(c2ccccc2)c2ccccc2)cc(C(F)(F)F)c1. The van der Waals surface area contributed by atoms with E-state index >= 15 is 0 Å². The molecule has 0 N–H and O–H groups in total. The highest BCUT2D eigenvalue weighted by atomic mass is 35.5. The predicted octanol–water partition coefficient (Wildman–Crippen LogP) is 7.87. The summed E-state index contributed by atoms with van der Waals surface area (Å²) in [6.45, 7) is 0.145. The lowest BCUT2D eigenvalue weighted by Crippen LogP contribution is -2.35. The highest BCUT2D eigenvalue weighted by Gasteiger charge is 2.38. The number of hydrogen-bond donors (Lipinski definition) is 0. The van der Waals surface area contributed by atoms with E-state index < -0.39 is 23.5 Å². The minimum atomic E-state index is -4.89. The van der Waals surface area contributed by atoms with Gasteiger partial charge in [-0.15, -0.1) is 12.4 Å². The zero-order valence-corrected chi connectivity index (χ0v) is 19.3. The molecule has 0 unspecified atom stereocenters. The summed E-state index contributed by atoms with van der Waals surface area (Å²) in [7, 11) is 0. The first kappa shape index (κ1) is 27.0.